The van der Waals surface area contributed by atoms with E-state index >= 15 is 0 Å². The smallest absolute Gasteiger partial charge is 0.336 e. The number of dihydropyridines is 1. The van der Waals surface area contributed by atoms with Crippen molar-refractivity contribution >= 4 is 29.8 Å². The quantitative estimate of drug-likeness (QED) is 0.445. The van der Waals surface area contributed by atoms with E-state index in [1.165, 1.54) is 6.07 Å². The second-order valence-corrected chi connectivity index (χ2v) is 5.88. The van der Waals surface area contributed by atoms with Crippen molar-refractivity contribution < 1.29 is 24.2 Å². The third-order valence-electron chi connectivity index (χ3n) is 3.79. The van der Waals surface area contributed by atoms with Crippen molar-refractivity contribution in [1.29, 1.82) is 5.26 Å². The molecule has 0 spiro atoms. The summed E-state index contributed by atoms with van der Waals surface area (Å²) in [5.74, 6) is -3.15. The number of carbonyl (C=O) groups is 3. The van der Waals surface area contributed by atoms with E-state index in [9.17, 15) is 19.5 Å². The number of hydrogen-bond donors (Lipinski definition) is 2. The van der Waals surface area contributed by atoms with Crippen LogP contribution in [0.2, 0.25) is 5.02 Å². The highest BCUT2D eigenvalue weighted by atomic mass is 35.5. The number of aliphatic carboxylic acids is 1. The summed E-state index contributed by atoms with van der Waals surface area (Å²) in [6, 6.07) is 8.22. The van der Waals surface area contributed by atoms with Gasteiger partial charge in [-0.15, -0.1) is 0 Å². The van der Waals surface area contributed by atoms with Crippen molar-refractivity contribution in [3.63, 3.8) is 0 Å². The first-order valence-corrected chi connectivity index (χ1v) is 7.98. The van der Waals surface area contributed by atoms with E-state index in [4.69, 9.17) is 21.6 Å². The van der Waals surface area contributed by atoms with Gasteiger partial charge in [-0.3, -0.25) is 4.79 Å². The van der Waals surface area contributed by atoms with Gasteiger partial charge in [0.1, 0.15) is 6.61 Å². The summed E-state index contributed by atoms with van der Waals surface area (Å²) in [5.41, 5.74) is 0.355. The van der Waals surface area contributed by atoms with Crippen molar-refractivity contribution in [2.75, 3.05) is 6.61 Å². The number of benzene rings is 1. The topological polar surface area (TPSA) is 116 Å². The van der Waals surface area contributed by atoms with Crippen LogP contribution in [0.25, 0.3) is 0 Å². The lowest BCUT2D eigenvalue weighted by Crippen LogP contribution is -2.33. The molecule has 1 aromatic carbocycles. The monoisotopic (exact) mass is 374 g/mol. The maximum Gasteiger partial charge on any atom is 0.336 e. The molecule has 1 aromatic rings. The summed E-state index contributed by atoms with van der Waals surface area (Å²) in [4.78, 5) is 35.7. The number of hydrogen-bond acceptors (Lipinski definition) is 6. The molecule has 26 heavy (non-hydrogen) atoms. The number of allylic oxidation sites excluding steroid dienone is 2. The number of rotatable bonds is 6. The van der Waals surface area contributed by atoms with Gasteiger partial charge in [0.2, 0.25) is 0 Å². The summed E-state index contributed by atoms with van der Waals surface area (Å²) in [5, 5.41) is 21.2. The fraction of sp³-hybridized carbons (Fsp3) is 0.222. The van der Waals surface area contributed by atoms with E-state index in [2.05, 4.69) is 5.32 Å². The molecule has 1 atom stereocenters. The zero-order valence-electron chi connectivity index (χ0n) is 13.8. The van der Waals surface area contributed by atoms with Gasteiger partial charge in [0.05, 0.1) is 35.3 Å². The van der Waals surface area contributed by atoms with Gasteiger partial charge in [0.25, 0.3) is 0 Å². The molecule has 7 nitrogen and oxygen atoms in total. The highest BCUT2D eigenvalue weighted by Crippen LogP contribution is 2.39. The molecule has 0 amide bonds. The minimum absolute atomic E-state index is 0.00847. The van der Waals surface area contributed by atoms with Gasteiger partial charge < -0.3 is 15.2 Å². The molecule has 0 saturated carbocycles. The van der Waals surface area contributed by atoms with E-state index in [0.717, 1.165) is 0 Å². The van der Waals surface area contributed by atoms with E-state index < -0.39 is 17.9 Å². The Bertz CT molecular complexity index is 867. The van der Waals surface area contributed by atoms with Crippen molar-refractivity contribution in [2.45, 2.75) is 19.3 Å². The van der Waals surface area contributed by atoms with Crippen molar-refractivity contribution in [3.8, 4) is 6.07 Å². The van der Waals surface area contributed by atoms with Crippen LogP contribution >= 0.6 is 11.6 Å². The molecule has 2 N–H and O–H groups in total. The first kappa shape index (κ1) is 19.2. The van der Waals surface area contributed by atoms with Crippen molar-refractivity contribution in [3.05, 3.63) is 57.4 Å². The summed E-state index contributed by atoms with van der Waals surface area (Å²) in [6.45, 7) is 1.42. The second kappa shape index (κ2) is 8.32. The number of halogens is 1. The highest BCUT2D eigenvalue weighted by molar-refractivity contribution is 6.30. The highest BCUT2D eigenvalue weighted by Gasteiger charge is 2.38. The van der Waals surface area contributed by atoms with Crippen LogP contribution < -0.4 is 5.32 Å². The zero-order valence-corrected chi connectivity index (χ0v) is 14.5. The number of nitrogens with one attached hydrogen (secondary N) is 1. The molecule has 134 valence electrons. The molecule has 0 bridgehead atoms. The molecule has 0 saturated heterocycles. The fourth-order valence-corrected chi connectivity index (χ4v) is 2.94. The summed E-state index contributed by atoms with van der Waals surface area (Å²) >= 11 is 6.01. The van der Waals surface area contributed by atoms with Crippen LogP contribution in [0.4, 0.5) is 0 Å². The molecule has 1 heterocycles. The molecule has 0 aliphatic carbocycles. The van der Waals surface area contributed by atoms with Crippen LogP contribution in [0.15, 0.2) is 46.8 Å². The molecular weight excluding hydrogens is 360 g/mol. The van der Waals surface area contributed by atoms with E-state index in [1.54, 1.807) is 25.1 Å². The number of carboxylic acids is 1. The van der Waals surface area contributed by atoms with Gasteiger partial charge in [0, 0.05) is 10.7 Å². The molecule has 0 fully saturated rings. The molecule has 2 rings (SSSR count). The SMILES string of the molecule is CC1=C(C(=O)OCCC#N)C(c2cccc(Cl)c2)C(C(=O)O)=C(C=O)N1. The average molecular weight is 375 g/mol. The van der Waals surface area contributed by atoms with Crippen molar-refractivity contribution in [2.24, 2.45) is 0 Å². The van der Waals surface area contributed by atoms with Crippen LogP contribution in [0.5, 0.6) is 0 Å². The van der Waals surface area contributed by atoms with Crippen LogP contribution in [0.3, 0.4) is 0 Å². The number of nitrogens with zero attached hydrogens (tertiary/aromatic N) is 1. The van der Waals surface area contributed by atoms with Gasteiger partial charge >= 0.3 is 11.9 Å². The van der Waals surface area contributed by atoms with Crippen LogP contribution in [0, 0.1) is 11.3 Å². The number of carbonyl (C=O) groups excluding carboxylic acids is 2. The third-order valence-corrected chi connectivity index (χ3v) is 4.03. The summed E-state index contributed by atoms with van der Waals surface area (Å²) < 4.78 is 5.08. The van der Waals surface area contributed by atoms with Gasteiger partial charge in [-0.1, -0.05) is 23.7 Å². The Balaban J connectivity index is 2.60. The summed E-state index contributed by atoms with van der Waals surface area (Å²) in [6.07, 6.45) is 0.400. The first-order valence-electron chi connectivity index (χ1n) is 7.60. The van der Waals surface area contributed by atoms with Gasteiger partial charge in [-0.05, 0) is 24.6 Å². The van der Waals surface area contributed by atoms with Crippen LogP contribution in [0.1, 0.15) is 24.8 Å². The third kappa shape index (κ3) is 3.92. The van der Waals surface area contributed by atoms with Crippen LogP contribution in [-0.4, -0.2) is 29.9 Å². The Hall–Kier alpha value is -3.11. The minimum atomic E-state index is -1.35. The van der Waals surface area contributed by atoms with E-state index in [-0.39, 0.29) is 29.9 Å². The van der Waals surface area contributed by atoms with E-state index in [1.807, 2.05) is 6.07 Å². The van der Waals surface area contributed by atoms with E-state index in [0.29, 0.717) is 22.6 Å². The number of esters is 1. The molecular formula is C18H15ClN2O5. The molecule has 8 heteroatoms. The largest absolute Gasteiger partial charge is 0.478 e. The number of aldehydes is 1. The first-order chi connectivity index (χ1) is 12.4. The van der Waals surface area contributed by atoms with Crippen molar-refractivity contribution in [1.82, 2.24) is 5.32 Å². The van der Waals surface area contributed by atoms with Gasteiger partial charge in [-0.2, -0.15) is 5.26 Å². The number of ether oxygens (including phenoxy) is 1. The molecule has 1 aliphatic rings. The Labute approximate surface area is 154 Å². The Kier molecular flexibility index (Phi) is 6.15. The predicted octanol–water partition coefficient (Wildman–Crippen LogP) is 2.30. The maximum atomic E-state index is 12.5. The lowest BCUT2D eigenvalue weighted by atomic mass is 9.80. The Morgan fingerprint density at radius 1 is 1.42 bits per heavy atom. The van der Waals surface area contributed by atoms with Crippen LogP contribution in [-0.2, 0) is 19.1 Å². The lowest BCUT2D eigenvalue weighted by molar-refractivity contribution is -0.139. The Morgan fingerprint density at radius 3 is 2.73 bits per heavy atom. The molecule has 1 unspecified atom stereocenters. The number of nitriles is 1. The minimum Gasteiger partial charge on any atom is -0.478 e. The van der Waals surface area contributed by atoms with Gasteiger partial charge in [0.15, 0.2) is 6.29 Å². The standard InChI is InChI=1S/C18H15ClN2O5/c1-10-14(18(25)26-7-3-6-20)15(11-4-2-5-12(19)8-11)16(17(23)24)13(9-22)21-10/h2,4-5,8-9,15,21H,3,7H2,1H3,(H,23,24). The Morgan fingerprint density at radius 2 is 2.15 bits per heavy atom. The van der Waals surface area contributed by atoms with Gasteiger partial charge in [-0.25, -0.2) is 9.59 Å². The lowest BCUT2D eigenvalue weighted by Gasteiger charge is -2.29. The summed E-state index contributed by atoms with van der Waals surface area (Å²) in [7, 11) is 0. The average Bonchev–Trinajstić information content (AvgIpc) is 2.60. The fourth-order valence-electron chi connectivity index (χ4n) is 2.74. The second-order valence-electron chi connectivity index (χ2n) is 5.45. The molecule has 0 aromatic heterocycles. The normalized spacial score (nSPS) is 16.6. The maximum absolute atomic E-state index is 12.5. The predicted molar refractivity (Wildman–Crippen MR) is 91.9 cm³/mol. The molecule has 0 radical (unpaired) electrons. The zero-order chi connectivity index (χ0) is 19.3. The number of carboxylic acid groups (broad SMARTS) is 1. The molecule has 1 aliphatic heterocycles.